The third kappa shape index (κ3) is 6.81. The minimum atomic E-state index is -0.184. The van der Waals surface area contributed by atoms with Crippen molar-refractivity contribution in [3.8, 4) is 0 Å². The predicted octanol–water partition coefficient (Wildman–Crippen LogP) is 2.24. The molecular formula is C18H27IN4O3. The summed E-state index contributed by atoms with van der Waals surface area (Å²) in [6, 6.07) is 7.87. The number of hydrogen-bond donors (Lipinski definition) is 3. The summed E-state index contributed by atoms with van der Waals surface area (Å²) in [6.07, 6.45) is 2.51. The number of carbonyl (C=O) groups is 2. The van der Waals surface area contributed by atoms with E-state index in [0.29, 0.717) is 25.3 Å². The standard InChI is InChI=1S/C18H26N4O3.HI/c1-19-18(20-10-6-5-9-17(24)25-2)21-12-13-11-16(23)22-15-8-4-3-7-14(13)15;/h3-4,7-8,13H,5-6,9-12H2,1-2H3,(H,22,23)(H2,19,20,21);1H. The van der Waals surface area contributed by atoms with Gasteiger partial charge in [0.2, 0.25) is 5.91 Å². The Bertz CT molecular complexity index is 637. The molecule has 0 radical (unpaired) electrons. The second kappa shape index (κ2) is 11.7. The highest BCUT2D eigenvalue weighted by Crippen LogP contribution is 2.31. The summed E-state index contributed by atoms with van der Waals surface area (Å²) < 4.78 is 4.61. The number of halogens is 1. The van der Waals surface area contributed by atoms with E-state index in [1.807, 2.05) is 24.3 Å². The zero-order valence-electron chi connectivity index (χ0n) is 15.2. The molecule has 144 valence electrons. The van der Waals surface area contributed by atoms with E-state index in [4.69, 9.17) is 0 Å². The number of nitrogens with zero attached hydrogens (tertiary/aromatic N) is 1. The maximum Gasteiger partial charge on any atom is 0.305 e. The van der Waals surface area contributed by atoms with Crippen LogP contribution in [-0.4, -0.2) is 45.1 Å². The van der Waals surface area contributed by atoms with E-state index in [9.17, 15) is 9.59 Å². The second-order valence-corrected chi connectivity index (χ2v) is 5.95. The van der Waals surface area contributed by atoms with E-state index in [1.165, 1.54) is 7.11 Å². The first-order chi connectivity index (χ1) is 12.1. The van der Waals surface area contributed by atoms with Gasteiger partial charge in [-0.1, -0.05) is 18.2 Å². The highest BCUT2D eigenvalue weighted by atomic mass is 127. The van der Waals surface area contributed by atoms with Crippen LogP contribution in [-0.2, 0) is 14.3 Å². The average Bonchev–Trinajstić information content (AvgIpc) is 2.63. The smallest absolute Gasteiger partial charge is 0.305 e. The van der Waals surface area contributed by atoms with Crippen molar-refractivity contribution in [2.45, 2.75) is 31.6 Å². The van der Waals surface area contributed by atoms with Gasteiger partial charge in [0.15, 0.2) is 5.96 Å². The molecule has 0 bridgehead atoms. The number of benzene rings is 1. The number of aliphatic imine (C=N–C) groups is 1. The van der Waals surface area contributed by atoms with Crippen LogP contribution in [0.15, 0.2) is 29.3 Å². The summed E-state index contributed by atoms with van der Waals surface area (Å²) >= 11 is 0. The summed E-state index contributed by atoms with van der Waals surface area (Å²) in [5.74, 6) is 0.664. The van der Waals surface area contributed by atoms with Crippen molar-refractivity contribution in [1.29, 1.82) is 0 Å². The number of esters is 1. The molecule has 1 amide bonds. The van der Waals surface area contributed by atoms with Gasteiger partial charge in [0, 0.05) is 44.6 Å². The Morgan fingerprint density at radius 2 is 2.08 bits per heavy atom. The number of para-hydroxylation sites is 1. The topological polar surface area (TPSA) is 91.8 Å². The number of unbranched alkanes of at least 4 members (excludes halogenated alkanes) is 1. The van der Waals surface area contributed by atoms with E-state index in [-0.39, 0.29) is 41.8 Å². The second-order valence-electron chi connectivity index (χ2n) is 5.95. The van der Waals surface area contributed by atoms with E-state index in [2.05, 4.69) is 25.7 Å². The van der Waals surface area contributed by atoms with E-state index < -0.39 is 0 Å². The molecule has 0 fully saturated rings. The number of nitrogens with one attached hydrogen (secondary N) is 3. The zero-order chi connectivity index (χ0) is 18.1. The van der Waals surface area contributed by atoms with Gasteiger partial charge < -0.3 is 20.7 Å². The van der Waals surface area contributed by atoms with Gasteiger partial charge in [-0.15, -0.1) is 24.0 Å². The predicted molar refractivity (Wildman–Crippen MR) is 113 cm³/mol. The molecule has 1 heterocycles. The van der Waals surface area contributed by atoms with Crippen molar-refractivity contribution < 1.29 is 14.3 Å². The molecule has 0 spiro atoms. The minimum absolute atomic E-state index is 0. The number of amides is 1. The Labute approximate surface area is 171 Å². The van der Waals surface area contributed by atoms with Crippen LogP contribution in [0, 0.1) is 0 Å². The monoisotopic (exact) mass is 474 g/mol. The maximum atomic E-state index is 11.9. The fourth-order valence-corrected chi connectivity index (χ4v) is 2.83. The average molecular weight is 474 g/mol. The summed E-state index contributed by atoms with van der Waals surface area (Å²) in [5.41, 5.74) is 2.03. The minimum Gasteiger partial charge on any atom is -0.469 e. The highest BCUT2D eigenvalue weighted by molar-refractivity contribution is 14.0. The summed E-state index contributed by atoms with van der Waals surface area (Å²) in [6.45, 7) is 1.35. The van der Waals surface area contributed by atoms with E-state index in [1.54, 1.807) is 7.05 Å². The quantitative estimate of drug-likeness (QED) is 0.185. The first-order valence-corrected chi connectivity index (χ1v) is 8.54. The van der Waals surface area contributed by atoms with Gasteiger partial charge in [-0.3, -0.25) is 14.6 Å². The molecule has 1 aromatic carbocycles. The normalized spacial score (nSPS) is 16.0. The first-order valence-electron chi connectivity index (χ1n) is 8.54. The van der Waals surface area contributed by atoms with Gasteiger partial charge >= 0.3 is 5.97 Å². The number of rotatable bonds is 7. The van der Waals surface area contributed by atoms with Crippen LogP contribution in [0.2, 0.25) is 0 Å². The molecule has 8 heteroatoms. The molecule has 1 aliphatic heterocycles. The van der Waals surface area contributed by atoms with Crippen LogP contribution < -0.4 is 16.0 Å². The third-order valence-corrected chi connectivity index (χ3v) is 4.17. The molecule has 1 unspecified atom stereocenters. The maximum absolute atomic E-state index is 11.9. The fraction of sp³-hybridized carbons (Fsp3) is 0.500. The number of fused-ring (bicyclic) bond motifs is 1. The summed E-state index contributed by atoms with van der Waals surface area (Å²) in [4.78, 5) is 27.1. The molecule has 2 rings (SSSR count). The number of methoxy groups -OCH3 is 1. The summed E-state index contributed by atoms with van der Waals surface area (Å²) in [5, 5.41) is 9.40. The Morgan fingerprint density at radius 3 is 2.81 bits per heavy atom. The SMILES string of the molecule is CN=C(NCCCCC(=O)OC)NCC1CC(=O)Nc2ccccc21.I. The molecule has 1 atom stereocenters. The number of ether oxygens (including phenoxy) is 1. The number of carbonyl (C=O) groups excluding carboxylic acids is 2. The third-order valence-electron chi connectivity index (χ3n) is 4.17. The van der Waals surface area contributed by atoms with Crippen molar-refractivity contribution in [2.75, 3.05) is 32.6 Å². The van der Waals surface area contributed by atoms with Crippen LogP contribution in [0.4, 0.5) is 5.69 Å². The molecule has 0 saturated carbocycles. The van der Waals surface area contributed by atoms with Crippen LogP contribution in [0.5, 0.6) is 0 Å². The lowest BCUT2D eigenvalue weighted by molar-refractivity contribution is -0.140. The number of guanidine groups is 1. The van der Waals surface area contributed by atoms with Gasteiger partial charge in [0.1, 0.15) is 0 Å². The van der Waals surface area contributed by atoms with Crippen LogP contribution >= 0.6 is 24.0 Å². The molecule has 0 aliphatic carbocycles. The van der Waals surface area contributed by atoms with E-state index >= 15 is 0 Å². The summed E-state index contributed by atoms with van der Waals surface area (Å²) in [7, 11) is 3.11. The zero-order valence-corrected chi connectivity index (χ0v) is 17.5. The van der Waals surface area contributed by atoms with Crippen molar-refractivity contribution in [3.63, 3.8) is 0 Å². The molecular weight excluding hydrogens is 447 g/mol. The number of hydrogen-bond acceptors (Lipinski definition) is 4. The molecule has 0 saturated heterocycles. The van der Waals surface area contributed by atoms with Gasteiger partial charge in [0.25, 0.3) is 0 Å². The number of anilines is 1. The Kier molecular flexibility index (Phi) is 10.0. The first kappa shape index (κ1) is 22.2. The van der Waals surface area contributed by atoms with Crippen LogP contribution in [0.1, 0.15) is 37.2 Å². The molecule has 26 heavy (non-hydrogen) atoms. The Morgan fingerprint density at radius 1 is 1.31 bits per heavy atom. The Hall–Kier alpha value is -1.84. The highest BCUT2D eigenvalue weighted by Gasteiger charge is 2.24. The molecule has 7 nitrogen and oxygen atoms in total. The lowest BCUT2D eigenvalue weighted by Crippen LogP contribution is -2.41. The largest absolute Gasteiger partial charge is 0.469 e. The molecule has 3 N–H and O–H groups in total. The van der Waals surface area contributed by atoms with Crippen LogP contribution in [0.25, 0.3) is 0 Å². The van der Waals surface area contributed by atoms with Gasteiger partial charge in [-0.2, -0.15) is 0 Å². The van der Waals surface area contributed by atoms with Crippen molar-refractivity contribution in [2.24, 2.45) is 4.99 Å². The van der Waals surface area contributed by atoms with Gasteiger partial charge in [0.05, 0.1) is 7.11 Å². The van der Waals surface area contributed by atoms with Crippen molar-refractivity contribution >= 4 is 47.5 Å². The van der Waals surface area contributed by atoms with Crippen LogP contribution in [0.3, 0.4) is 0 Å². The van der Waals surface area contributed by atoms with Gasteiger partial charge in [-0.05, 0) is 24.5 Å². The van der Waals surface area contributed by atoms with Gasteiger partial charge in [-0.25, -0.2) is 0 Å². The Balaban J connectivity index is 0.00000338. The van der Waals surface area contributed by atoms with E-state index in [0.717, 1.165) is 30.6 Å². The molecule has 1 aliphatic rings. The van der Waals surface area contributed by atoms with Crippen molar-refractivity contribution in [3.05, 3.63) is 29.8 Å². The van der Waals surface area contributed by atoms with Crippen molar-refractivity contribution in [1.82, 2.24) is 10.6 Å². The lowest BCUT2D eigenvalue weighted by Gasteiger charge is -2.26. The molecule has 1 aromatic rings. The molecule has 0 aromatic heterocycles. The fourth-order valence-electron chi connectivity index (χ4n) is 2.83. The lowest BCUT2D eigenvalue weighted by atomic mass is 9.90.